The van der Waals surface area contributed by atoms with Crippen LogP contribution in [0.5, 0.6) is 0 Å². The van der Waals surface area contributed by atoms with Crippen molar-refractivity contribution in [2.24, 2.45) is 0 Å². The summed E-state index contributed by atoms with van der Waals surface area (Å²) in [6.45, 7) is 4.39. The molecule has 0 saturated carbocycles. The third-order valence-corrected chi connectivity index (χ3v) is 3.05. The number of carbonyl (C=O) groups excluding carboxylic acids is 1. The SMILES string of the molecule is CCOC(=O)CC1=Cc2cc(C)ccc2CC1. The average molecular weight is 230 g/mol. The third-order valence-electron chi connectivity index (χ3n) is 3.05. The highest BCUT2D eigenvalue weighted by Crippen LogP contribution is 2.26. The van der Waals surface area contributed by atoms with Gasteiger partial charge in [0.1, 0.15) is 0 Å². The van der Waals surface area contributed by atoms with Crippen molar-refractivity contribution in [3.05, 3.63) is 40.5 Å². The van der Waals surface area contributed by atoms with Crippen LogP contribution in [0, 0.1) is 6.92 Å². The van der Waals surface area contributed by atoms with Gasteiger partial charge < -0.3 is 4.74 Å². The van der Waals surface area contributed by atoms with E-state index in [-0.39, 0.29) is 5.97 Å². The first-order valence-electron chi connectivity index (χ1n) is 6.13. The third kappa shape index (κ3) is 2.96. The molecule has 0 radical (unpaired) electrons. The lowest BCUT2D eigenvalue weighted by molar-refractivity contribution is -0.142. The molecule has 0 fully saturated rings. The van der Waals surface area contributed by atoms with E-state index in [1.807, 2.05) is 6.92 Å². The number of carbonyl (C=O) groups is 1. The molecule has 0 aliphatic heterocycles. The van der Waals surface area contributed by atoms with Crippen LogP contribution >= 0.6 is 0 Å². The highest BCUT2D eigenvalue weighted by atomic mass is 16.5. The Hall–Kier alpha value is -1.57. The van der Waals surface area contributed by atoms with Crippen molar-refractivity contribution in [3.8, 4) is 0 Å². The lowest BCUT2D eigenvalue weighted by Gasteiger charge is -2.16. The number of ether oxygens (including phenoxy) is 1. The number of hydrogen-bond acceptors (Lipinski definition) is 2. The number of aryl methyl sites for hydroxylation is 2. The lowest BCUT2D eigenvalue weighted by atomic mass is 9.90. The summed E-state index contributed by atoms with van der Waals surface area (Å²) >= 11 is 0. The minimum Gasteiger partial charge on any atom is -0.466 e. The molecule has 2 nitrogen and oxygen atoms in total. The fraction of sp³-hybridized carbons (Fsp3) is 0.400. The molecule has 2 rings (SSSR count). The first-order valence-corrected chi connectivity index (χ1v) is 6.13. The van der Waals surface area contributed by atoms with Crippen LogP contribution in [0.15, 0.2) is 23.8 Å². The second-order valence-corrected chi connectivity index (χ2v) is 4.49. The van der Waals surface area contributed by atoms with E-state index in [4.69, 9.17) is 4.74 Å². The van der Waals surface area contributed by atoms with Crippen LogP contribution in [0.2, 0.25) is 0 Å². The fourth-order valence-electron chi connectivity index (χ4n) is 2.20. The summed E-state index contributed by atoms with van der Waals surface area (Å²) in [4.78, 5) is 11.4. The average Bonchev–Trinajstić information content (AvgIpc) is 2.28. The van der Waals surface area contributed by atoms with E-state index in [0.717, 1.165) is 12.8 Å². The van der Waals surface area contributed by atoms with Gasteiger partial charge in [-0.1, -0.05) is 35.4 Å². The summed E-state index contributed by atoms with van der Waals surface area (Å²) in [6, 6.07) is 6.50. The first kappa shape index (κ1) is 11.9. The molecular weight excluding hydrogens is 212 g/mol. The Morgan fingerprint density at radius 3 is 2.94 bits per heavy atom. The number of esters is 1. The molecule has 1 aliphatic rings. The summed E-state index contributed by atoms with van der Waals surface area (Å²) in [5.41, 5.74) is 5.08. The summed E-state index contributed by atoms with van der Waals surface area (Å²) in [5, 5.41) is 0. The monoisotopic (exact) mass is 230 g/mol. The zero-order valence-corrected chi connectivity index (χ0v) is 10.5. The molecule has 0 N–H and O–H groups in total. The zero-order chi connectivity index (χ0) is 12.3. The van der Waals surface area contributed by atoms with Crippen molar-refractivity contribution < 1.29 is 9.53 Å². The van der Waals surface area contributed by atoms with Crippen LogP contribution in [0.3, 0.4) is 0 Å². The molecular formula is C15H18O2. The van der Waals surface area contributed by atoms with Gasteiger partial charge in [-0.3, -0.25) is 4.79 Å². The van der Waals surface area contributed by atoms with Crippen LogP contribution in [-0.4, -0.2) is 12.6 Å². The quantitative estimate of drug-likeness (QED) is 0.745. The van der Waals surface area contributed by atoms with Gasteiger partial charge in [0.25, 0.3) is 0 Å². The van der Waals surface area contributed by atoms with E-state index < -0.39 is 0 Å². The van der Waals surface area contributed by atoms with Gasteiger partial charge in [-0.15, -0.1) is 0 Å². The molecule has 1 aromatic carbocycles. The van der Waals surface area contributed by atoms with E-state index in [0.29, 0.717) is 13.0 Å². The second kappa shape index (κ2) is 5.17. The van der Waals surface area contributed by atoms with Gasteiger partial charge in [-0.05, 0) is 37.8 Å². The summed E-state index contributed by atoms with van der Waals surface area (Å²) in [7, 11) is 0. The predicted molar refractivity (Wildman–Crippen MR) is 68.7 cm³/mol. The maximum absolute atomic E-state index is 11.4. The van der Waals surface area contributed by atoms with Crippen molar-refractivity contribution in [1.29, 1.82) is 0 Å². The van der Waals surface area contributed by atoms with Crippen molar-refractivity contribution in [2.75, 3.05) is 6.61 Å². The molecule has 0 heterocycles. The Balaban J connectivity index is 2.14. The molecule has 0 atom stereocenters. The van der Waals surface area contributed by atoms with Gasteiger partial charge in [0.15, 0.2) is 0 Å². The number of rotatable bonds is 3. The molecule has 1 aromatic rings. The molecule has 0 aromatic heterocycles. The van der Waals surface area contributed by atoms with E-state index in [9.17, 15) is 4.79 Å². The van der Waals surface area contributed by atoms with Crippen molar-refractivity contribution in [1.82, 2.24) is 0 Å². The molecule has 2 heteroatoms. The van der Waals surface area contributed by atoms with Crippen molar-refractivity contribution in [2.45, 2.75) is 33.1 Å². The first-order chi connectivity index (χ1) is 8.19. The summed E-state index contributed by atoms with van der Waals surface area (Å²) in [6.07, 6.45) is 4.57. The van der Waals surface area contributed by atoms with Crippen LogP contribution in [-0.2, 0) is 16.0 Å². The highest BCUT2D eigenvalue weighted by Gasteiger charge is 2.13. The second-order valence-electron chi connectivity index (χ2n) is 4.49. The van der Waals surface area contributed by atoms with Crippen molar-refractivity contribution >= 4 is 12.0 Å². The minimum absolute atomic E-state index is 0.116. The van der Waals surface area contributed by atoms with Crippen LogP contribution < -0.4 is 0 Å². The number of fused-ring (bicyclic) bond motifs is 1. The standard InChI is InChI=1S/C15H18O2/c1-3-17-15(16)10-12-5-7-13-6-4-11(2)8-14(13)9-12/h4,6,8-9H,3,5,7,10H2,1-2H3. The van der Waals surface area contributed by atoms with E-state index in [1.54, 1.807) is 0 Å². The fourth-order valence-corrected chi connectivity index (χ4v) is 2.20. The van der Waals surface area contributed by atoms with Gasteiger partial charge in [0, 0.05) is 0 Å². The highest BCUT2D eigenvalue weighted by molar-refractivity contribution is 5.75. The molecule has 0 unspecified atom stereocenters. The topological polar surface area (TPSA) is 26.3 Å². The largest absolute Gasteiger partial charge is 0.466 e. The van der Waals surface area contributed by atoms with Gasteiger partial charge in [-0.25, -0.2) is 0 Å². The zero-order valence-electron chi connectivity index (χ0n) is 10.5. The number of benzene rings is 1. The van der Waals surface area contributed by atoms with Gasteiger partial charge in [0.2, 0.25) is 0 Å². The Labute approximate surface area is 102 Å². The predicted octanol–water partition coefficient (Wildman–Crippen LogP) is 3.28. The Morgan fingerprint density at radius 1 is 1.35 bits per heavy atom. The maximum Gasteiger partial charge on any atom is 0.309 e. The normalized spacial score (nSPS) is 13.9. The van der Waals surface area contributed by atoms with E-state index >= 15 is 0 Å². The minimum atomic E-state index is -0.116. The van der Waals surface area contributed by atoms with Crippen molar-refractivity contribution in [3.63, 3.8) is 0 Å². The maximum atomic E-state index is 11.4. The van der Waals surface area contributed by atoms with Crippen LogP contribution in [0.1, 0.15) is 36.5 Å². The summed E-state index contributed by atoms with van der Waals surface area (Å²) < 4.78 is 4.98. The molecule has 90 valence electrons. The molecule has 1 aliphatic carbocycles. The summed E-state index contributed by atoms with van der Waals surface area (Å²) in [5.74, 6) is -0.116. The Kier molecular flexibility index (Phi) is 3.62. The Morgan fingerprint density at radius 2 is 2.18 bits per heavy atom. The molecule has 17 heavy (non-hydrogen) atoms. The smallest absolute Gasteiger partial charge is 0.309 e. The molecule has 0 spiro atoms. The van der Waals surface area contributed by atoms with Gasteiger partial charge in [-0.2, -0.15) is 0 Å². The molecule has 0 amide bonds. The Bertz CT molecular complexity index is 458. The van der Waals surface area contributed by atoms with Gasteiger partial charge >= 0.3 is 5.97 Å². The van der Waals surface area contributed by atoms with E-state index in [1.165, 1.54) is 22.3 Å². The van der Waals surface area contributed by atoms with E-state index in [2.05, 4.69) is 31.2 Å². The lowest BCUT2D eigenvalue weighted by Crippen LogP contribution is -2.08. The molecule has 0 bridgehead atoms. The number of hydrogen-bond donors (Lipinski definition) is 0. The van der Waals surface area contributed by atoms with Crippen LogP contribution in [0.25, 0.3) is 6.08 Å². The van der Waals surface area contributed by atoms with Gasteiger partial charge in [0.05, 0.1) is 13.0 Å². The molecule has 0 saturated heterocycles. The van der Waals surface area contributed by atoms with Crippen LogP contribution in [0.4, 0.5) is 0 Å².